The lowest BCUT2D eigenvalue weighted by Gasteiger charge is -2.09. The summed E-state index contributed by atoms with van der Waals surface area (Å²) in [6.45, 7) is 0. The van der Waals surface area contributed by atoms with E-state index in [1.165, 1.54) is 29.3 Å². The van der Waals surface area contributed by atoms with E-state index in [4.69, 9.17) is 16.0 Å². The van der Waals surface area contributed by atoms with E-state index in [2.05, 4.69) is 17.4 Å². The monoisotopic (exact) mass is 403 g/mol. The van der Waals surface area contributed by atoms with Gasteiger partial charge in [-0.05, 0) is 60.7 Å². The van der Waals surface area contributed by atoms with E-state index in [0.717, 1.165) is 42.1 Å². The Kier molecular flexibility index (Phi) is 4.48. The molecular weight excluding hydrogens is 386 g/mol. The molecule has 5 nitrogen and oxygen atoms in total. The Bertz CT molecular complexity index is 1160. The second-order valence-corrected chi connectivity index (χ2v) is 9.29. The number of benzene rings is 2. The van der Waals surface area contributed by atoms with Crippen LogP contribution in [0.25, 0.3) is 11.0 Å². The predicted octanol–water partition coefficient (Wildman–Crippen LogP) is 4.16. The largest absolute Gasteiger partial charge is 0.464 e. The van der Waals surface area contributed by atoms with Crippen molar-refractivity contribution in [1.82, 2.24) is 0 Å². The third-order valence-electron chi connectivity index (χ3n) is 4.86. The Balaban J connectivity index is 1.58. The molecule has 0 unspecified atom stereocenters. The summed E-state index contributed by atoms with van der Waals surface area (Å²) in [5.74, 6) is -0.286. The molecule has 1 aliphatic carbocycles. The Hall–Kier alpha value is -2.31. The van der Waals surface area contributed by atoms with Gasteiger partial charge >= 0.3 is 0 Å². The molecule has 1 heterocycles. The number of rotatable bonds is 4. The highest BCUT2D eigenvalue weighted by Gasteiger charge is 2.18. The van der Waals surface area contributed by atoms with Crippen molar-refractivity contribution in [3.8, 4) is 0 Å². The van der Waals surface area contributed by atoms with Crippen molar-refractivity contribution in [2.75, 3.05) is 11.6 Å². The summed E-state index contributed by atoms with van der Waals surface area (Å²) in [5.41, 5.74) is 4.49. The fourth-order valence-corrected chi connectivity index (χ4v) is 4.30. The number of halogens is 1. The molecule has 0 aliphatic heterocycles. The van der Waals surface area contributed by atoms with Gasteiger partial charge in [0, 0.05) is 17.2 Å². The van der Waals surface area contributed by atoms with Gasteiger partial charge in [0.25, 0.3) is 0 Å². The fourth-order valence-electron chi connectivity index (χ4n) is 3.48. The molecule has 1 amide bonds. The van der Waals surface area contributed by atoms with E-state index in [9.17, 15) is 13.2 Å². The fraction of sp³-hybridized carbons (Fsp3) is 0.250. The maximum Gasteiger partial charge on any atom is 0.228 e. The molecule has 140 valence electrons. The van der Waals surface area contributed by atoms with E-state index < -0.39 is 9.84 Å². The smallest absolute Gasteiger partial charge is 0.228 e. The lowest BCUT2D eigenvalue weighted by Crippen LogP contribution is -2.15. The third kappa shape index (κ3) is 3.59. The molecule has 0 fully saturated rings. The van der Waals surface area contributed by atoms with Gasteiger partial charge in [-0.3, -0.25) is 4.79 Å². The number of carbonyl (C=O) groups excluding carboxylic acids is 1. The summed E-state index contributed by atoms with van der Waals surface area (Å²) in [5, 5.41) is 3.93. The number of fused-ring (bicyclic) bond motifs is 2. The molecule has 3 aromatic rings. The lowest BCUT2D eigenvalue weighted by atomic mass is 10.0. The predicted molar refractivity (Wildman–Crippen MR) is 105 cm³/mol. The average Bonchev–Trinajstić information content (AvgIpc) is 3.20. The maximum atomic E-state index is 12.5. The normalized spacial score (nSPS) is 13.7. The van der Waals surface area contributed by atoms with Crippen molar-refractivity contribution >= 4 is 44.0 Å². The van der Waals surface area contributed by atoms with Crippen LogP contribution >= 0.6 is 11.6 Å². The van der Waals surface area contributed by atoms with Crippen molar-refractivity contribution in [2.45, 2.75) is 30.6 Å². The average molecular weight is 404 g/mol. The minimum atomic E-state index is -3.39. The van der Waals surface area contributed by atoms with Crippen LogP contribution in [0.3, 0.4) is 0 Å². The second-order valence-electron chi connectivity index (χ2n) is 6.87. The number of amides is 1. The molecule has 0 saturated heterocycles. The summed E-state index contributed by atoms with van der Waals surface area (Å²) in [7, 11) is -3.39. The molecule has 0 saturated carbocycles. The van der Waals surface area contributed by atoms with Crippen LogP contribution in [0.15, 0.2) is 45.9 Å². The van der Waals surface area contributed by atoms with Crippen molar-refractivity contribution in [3.05, 3.63) is 58.3 Å². The van der Waals surface area contributed by atoms with Gasteiger partial charge in [-0.1, -0.05) is 11.6 Å². The van der Waals surface area contributed by atoms with Gasteiger partial charge in [-0.25, -0.2) is 8.42 Å². The van der Waals surface area contributed by atoms with Crippen molar-refractivity contribution in [2.24, 2.45) is 0 Å². The molecule has 4 rings (SSSR count). The first-order chi connectivity index (χ1) is 12.8. The summed E-state index contributed by atoms with van der Waals surface area (Å²) < 4.78 is 29.0. The zero-order chi connectivity index (χ0) is 19.2. The topological polar surface area (TPSA) is 76.4 Å². The minimum absolute atomic E-state index is 0.103. The molecule has 0 bridgehead atoms. The van der Waals surface area contributed by atoms with Gasteiger partial charge < -0.3 is 9.73 Å². The number of hydrogen-bond donors (Lipinski definition) is 1. The first-order valence-corrected chi connectivity index (χ1v) is 10.9. The van der Waals surface area contributed by atoms with E-state index in [0.29, 0.717) is 0 Å². The van der Waals surface area contributed by atoms with E-state index >= 15 is 0 Å². The molecular formula is C20H18ClNO4S. The number of nitrogens with one attached hydrogen (secondary N) is 1. The summed E-state index contributed by atoms with van der Waals surface area (Å²) in [4.78, 5) is 12.6. The van der Waals surface area contributed by atoms with Gasteiger partial charge in [-0.15, -0.1) is 0 Å². The van der Waals surface area contributed by atoms with E-state index in [1.54, 1.807) is 6.26 Å². The summed E-state index contributed by atoms with van der Waals surface area (Å²) in [6.07, 6.45) is 6.09. The van der Waals surface area contributed by atoms with Crippen LogP contribution in [0.1, 0.15) is 23.1 Å². The Morgan fingerprint density at radius 1 is 1.19 bits per heavy atom. The van der Waals surface area contributed by atoms with Gasteiger partial charge in [0.2, 0.25) is 5.91 Å². The SMILES string of the molecule is CS(=O)(=O)c1ccc(Cl)c(NC(=O)Cc2coc3cc4c(cc23)CCC4)c1. The Morgan fingerprint density at radius 3 is 2.67 bits per heavy atom. The third-order valence-corrected chi connectivity index (χ3v) is 6.30. The first-order valence-electron chi connectivity index (χ1n) is 8.62. The van der Waals surface area contributed by atoms with Crippen LogP contribution in [0.4, 0.5) is 5.69 Å². The van der Waals surface area contributed by atoms with Crippen LogP contribution in [-0.2, 0) is 33.9 Å². The highest BCUT2D eigenvalue weighted by atomic mass is 35.5. The maximum absolute atomic E-state index is 12.5. The molecule has 0 radical (unpaired) electrons. The number of anilines is 1. The van der Waals surface area contributed by atoms with Crippen LogP contribution in [-0.4, -0.2) is 20.6 Å². The molecule has 1 aliphatic rings. The molecule has 0 spiro atoms. The number of aryl methyl sites for hydroxylation is 2. The Labute approximate surface area is 162 Å². The van der Waals surface area contributed by atoms with Gasteiger partial charge in [-0.2, -0.15) is 0 Å². The van der Waals surface area contributed by atoms with E-state index in [1.807, 2.05) is 0 Å². The van der Waals surface area contributed by atoms with Crippen molar-refractivity contribution in [1.29, 1.82) is 0 Å². The zero-order valence-electron chi connectivity index (χ0n) is 14.7. The minimum Gasteiger partial charge on any atom is -0.464 e. The van der Waals surface area contributed by atoms with Crippen LogP contribution in [0.2, 0.25) is 5.02 Å². The zero-order valence-corrected chi connectivity index (χ0v) is 16.3. The van der Waals surface area contributed by atoms with E-state index in [-0.39, 0.29) is 27.9 Å². The van der Waals surface area contributed by atoms with Crippen LogP contribution in [0, 0.1) is 0 Å². The number of hydrogen-bond acceptors (Lipinski definition) is 4. The van der Waals surface area contributed by atoms with Gasteiger partial charge in [0.15, 0.2) is 9.84 Å². The van der Waals surface area contributed by atoms with Gasteiger partial charge in [0.1, 0.15) is 5.58 Å². The van der Waals surface area contributed by atoms with Crippen molar-refractivity contribution in [3.63, 3.8) is 0 Å². The van der Waals surface area contributed by atoms with Crippen LogP contribution in [0.5, 0.6) is 0 Å². The quantitative estimate of drug-likeness (QED) is 0.709. The Morgan fingerprint density at radius 2 is 1.93 bits per heavy atom. The van der Waals surface area contributed by atoms with Crippen LogP contribution < -0.4 is 5.32 Å². The number of carbonyl (C=O) groups is 1. The molecule has 1 aromatic heterocycles. The molecule has 27 heavy (non-hydrogen) atoms. The molecule has 7 heteroatoms. The number of furan rings is 1. The highest BCUT2D eigenvalue weighted by molar-refractivity contribution is 7.90. The highest BCUT2D eigenvalue weighted by Crippen LogP contribution is 2.31. The molecule has 0 atom stereocenters. The lowest BCUT2D eigenvalue weighted by molar-refractivity contribution is -0.115. The molecule has 2 aromatic carbocycles. The second kappa shape index (κ2) is 6.69. The van der Waals surface area contributed by atoms with Crippen molar-refractivity contribution < 1.29 is 17.6 Å². The number of sulfone groups is 1. The first kappa shape index (κ1) is 18.1. The summed E-state index contributed by atoms with van der Waals surface area (Å²) in [6, 6.07) is 8.42. The summed E-state index contributed by atoms with van der Waals surface area (Å²) >= 11 is 6.10. The molecule has 1 N–H and O–H groups in total. The van der Waals surface area contributed by atoms with Gasteiger partial charge in [0.05, 0.1) is 28.3 Å². The standard InChI is InChI=1S/C20H18ClNO4S/c1-27(24,25)15-5-6-17(21)18(10-15)22-20(23)9-14-11-26-19-8-13-4-2-3-12(13)7-16(14)19/h5-8,10-11H,2-4,9H2,1H3,(H,22,23).